The van der Waals surface area contributed by atoms with Crippen molar-refractivity contribution in [3.05, 3.63) is 22.7 Å². The molecule has 0 saturated carbocycles. The van der Waals surface area contributed by atoms with Gasteiger partial charge >= 0.3 is 0 Å². The summed E-state index contributed by atoms with van der Waals surface area (Å²) < 4.78 is 12.5. The second-order valence-corrected chi connectivity index (χ2v) is 5.87. The van der Waals surface area contributed by atoms with Crippen molar-refractivity contribution < 1.29 is 4.21 Å². The molecule has 1 atom stereocenters. The molecule has 2 N–H and O–H groups in total. The normalized spacial score (nSPS) is 13.2. The zero-order valence-corrected chi connectivity index (χ0v) is 9.98. The summed E-state index contributed by atoms with van der Waals surface area (Å²) in [7, 11) is -0.957. The molecule has 1 aromatic rings. The number of halogens is 1. The van der Waals surface area contributed by atoms with Gasteiger partial charge in [-0.2, -0.15) is 0 Å². The van der Waals surface area contributed by atoms with Crippen molar-refractivity contribution in [2.24, 2.45) is 0 Å². The van der Waals surface area contributed by atoms with Crippen molar-refractivity contribution in [2.75, 3.05) is 5.73 Å². The lowest BCUT2D eigenvalue weighted by Crippen LogP contribution is -2.06. The van der Waals surface area contributed by atoms with Crippen LogP contribution in [0.25, 0.3) is 0 Å². The summed E-state index contributed by atoms with van der Waals surface area (Å²) in [6.07, 6.45) is 0. The number of anilines is 1. The molecular formula is C9H12BrNOS. The lowest BCUT2D eigenvalue weighted by molar-refractivity contribution is 0.676. The fourth-order valence-corrected chi connectivity index (χ4v) is 2.77. The van der Waals surface area contributed by atoms with E-state index >= 15 is 0 Å². The van der Waals surface area contributed by atoms with Crippen molar-refractivity contribution in [2.45, 2.75) is 24.0 Å². The number of benzene rings is 1. The Morgan fingerprint density at radius 3 is 2.54 bits per heavy atom. The molecule has 0 saturated heterocycles. The topological polar surface area (TPSA) is 43.1 Å². The number of hydrogen-bond acceptors (Lipinski definition) is 2. The summed E-state index contributed by atoms with van der Waals surface area (Å²) >= 11 is 3.34. The van der Waals surface area contributed by atoms with Crippen LogP contribution in [0, 0.1) is 0 Å². The summed E-state index contributed by atoms with van der Waals surface area (Å²) in [6, 6.07) is 5.34. The highest BCUT2D eigenvalue weighted by Crippen LogP contribution is 2.24. The van der Waals surface area contributed by atoms with E-state index in [9.17, 15) is 4.21 Å². The Morgan fingerprint density at radius 2 is 2.08 bits per heavy atom. The van der Waals surface area contributed by atoms with E-state index in [4.69, 9.17) is 5.73 Å². The molecule has 0 heterocycles. The fraction of sp³-hybridized carbons (Fsp3) is 0.333. The van der Waals surface area contributed by atoms with Gasteiger partial charge in [-0.25, -0.2) is 0 Å². The Hall–Kier alpha value is -0.350. The van der Waals surface area contributed by atoms with E-state index < -0.39 is 10.8 Å². The molecule has 0 fully saturated rings. The van der Waals surface area contributed by atoms with Gasteiger partial charge in [-0.1, -0.05) is 13.8 Å². The molecule has 0 amide bonds. The summed E-state index contributed by atoms with van der Waals surface area (Å²) in [5.41, 5.74) is 6.25. The average molecular weight is 262 g/mol. The number of nitrogens with two attached hydrogens (primary N) is 1. The smallest absolute Gasteiger partial charge is 0.0566 e. The number of nitrogen functional groups attached to an aromatic ring is 1. The SMILES string of the molecule is CC(C)S(=O)c1ccc(N)cc1Br. The minimum Gasteiger partial charge on any atom is -0.399 e. The second-order valence-electron chi connectivity index (χ2n) is 3.04. The molecule has 0 radical (unpaired) electrons. The van der Waals surface area contributed by atoms with Gasteiger partial charge in [0.1, 0.15) is 0 Å². The van der Waals surface area contributed by atoms with Crippen LogP contribution in [-0.2, 0) is 10.8 Å². The maximum Gasteiger partial charge on any atom is 0.0566 e. The molecule has 1 aromatic carbocycles. The highest BCUT2D eigenvalue weighted by molar-refractivity contribution is 9.10. The van der Waals surface area contributed by atoms with Crippen molar-refractivity contribution in [3.8, 4) is 0 Å². The molecule has 0 aliphatic rings. The van der Waals surface area contributed by atoms with Gasteiger partial charge in [0.2, 0.25) is 0 Å². The Bertz CT molecular complexity index is 338. The fourth-order valence-electron chi connectivity index (χ4n) is 0.934. The van der Waals surface area contributed by atoms with Crippen LogP contribution >= 0.6 is 15.9 Å². The Kier molecular flexibility index (Phi) is 3.50. The molecule has 72 valence electrons. The van der Waals surface area contributed by atoms with E-state index in [1.54, 1.807) is 18.2 Å². The van der Waals surface area contributed by atoms with Crippen molar-refractivity contribution in [3.63, 3.8) is 0 Å². The predicted molar refractivity (Wildman–Crippen MR) is 60.1 cm³/mol. The van der Waals surface area contributed by atoms with Crippen LogP contribution in [0.5, 0.6) is 0 Å². The number of rotatable bonds is 2. The lowest BCUT2D eigenvalue weighted by atomic mass is 10.3. The van der Waals surface area contributed by atoms with Gasteiger partial charge in [0.05, 0.1) is 15.7 Å². The van der Waals surface area contributed by atoms with Gasteiger partial charge in [0.25, 0.3) is 0 Å². The minimum absolute atomic E-state index is 0.125. The van der Waals surface area contributed by atoms with Crippen molar-refractivity contribution in [1.29, 1.82) is 0 Å². The maximum absolute atomic E-state index is 11.7. The van der Waals surface area contributed by atoms with E-state index in [0.717, 1.165) is 9.37 Å². The first-order valence-corrected chi connectivity index (χ1v) is 5.98. The first-order valence-electron chi connectivity index (χ1n) is 3.98. The summed E-state index contributed by atoms with van der Waals surface area (Å²) in [5.74, 6) is 0. The maximum atomic E-state index is 11.7. The summed E-state index contributed by atoms with van der Waals surface area (Å²) in [5, 5.41) is 0.125. The molecule has 0 aromatic heterocycles. The Labute approximate surface area is 89.1 Å². The van der Waals surface area contributed by atoms with E-state index in [-0.39, 0.29) is 5.25 Å². The zero-order valence-electron chi connectivity index (χ0n) is 7.58. The molecule has 4 heteroatoms. The van der Waals surface area contributed by atoms with Gasteiger partial charge < -0.3 is 5.73 Å². The van der Waals surface area contributed by atoms with Crippen LogP contribution in [0.3, 0.4) is 0 Å². The van der Waals surface area contributed by atoms with Crippen LogP contribution in [0.2, 0.25) is 0 Å². The third-order valence-electron chi connectivity index (χ3n) is 1.60. The van der Waals surface area contributed by atoms with Crippen LogP contribution < -0.4 is 5.73 Å². The predicted octanol–water partition coefficient (Wildman–Crippen LogP) is 2.55. The molecule has 0 spiro atoms. The number of hydrogen-bond donors (Lipinski definition) is 1. The summed E-state index contributed by atoms with van der Waals surface area (Å²) in [4.78, 5) is 0.809. The highest BCUT2D eigenvalue weighted by atomic mass is 79.9. The third kappa shape index (κ3) is 2.54. The van der Waals surface area contributed by atoms with Crippen LogP contribution in [-0.4, -0.2) is 9.46 Å². The highest BCUT2D eigenvalue weighted by Gasteiger charge is 2.11. The molecule has 0 aliphatic carbocycles. The standard InChI is InChI=1S/C9H12BrNOS/c1-6(2)13(12)9-4-3-7(11)5-8(9)10/h3-6H,11H2,1-2H3. The molecule has 0 aliphatic heterocycles. The molecule has 1 unspecified atom stereocenters. The monoisotopic (exact) mass is 261 g/mol. The molecule has 2 nitrogen and oxygen atoms in total. The van der Waals surface area contributed by atoms with Gasteiger partial charge in [0.15, 0.2) is 0 Å². The molecule has 13 heavy (non-hydrogen) atoms. The Balaban J connectivity index is 3.09. The van der Waals surface area contributed by atoms with E-state index in [1.807, 2.05) is 13.8 Å². The largest absolute Gasteiger partial charge is 0.399 e. The lowest BCUT2D eigenvalue weighted by Gasteiger charge is -2.07. The van der Waals surface area contributed by atoms with E-state index in [2.05, 4.69) is 15.9 Å². The van der Waals surface area contributed by atoms with Crippen molar-refractivity contribution in [1.82, 2.24) is 0 Å². The van der Waals surface area contributed by atoms with Gasteiger partial charge in [-0.3, -0.25) is 4.21 Å². The first-order chi connectivity index (χ1) is 6.02. The second kappa shape index (κ2) is 4.24. The van der Waals surface area contributed by atoms with Crippen LogP contribution in [0.15, 0.2) is 27.6 Å². The van der Waals surface area contributed by atoms with Crippen molar-refractivity contribution >= 4 is 32.4 Å². The average Bonchev–Trinajstić information content (AvgIpc) is 2.03. The Morgan fingerprint density at radius 1 is 1.46 bits per heavy atom. The molecule has 0 bridgehead atoms. The molecular weight excluding hydrogens is 250 g/mol. The van der Waals surface area contributed by atoms with Gasteiger partial charge in [-0.05, 0) is 34.1 Å². The molecule has 1 rings (SSSR count). The first kappa shape index (κ1) is 10.7. The zero-order chi connectivity index (χ0) is 10.0. The third-order valence-corrected chi connectivity index (χ3v) is 4.17. The minimum atomic E-state index is -0.957. The van der Waals surface area contributed by atoms with Crippen LogP contribution in [0.1, 0.15) is 13.8 Å². The van der Waals surface area contributed by atoms with E-state index in [1.165, 1.54) is 0 Å². The van der Waals surface area contributed by atoms with Crippen LogP contribution in [0.4, 0.5) is 5.69 Å². The van der Waals surface area contributed by atoms with Gasteiger partial charge in [-0.15, -0.1) is 0 Å². The summed E-state index contributed by atoms with van der Waals surface area (Å²) in [6.45, 7) is 3.86. The van der Waals surface area contributed by atoms with Gasteiger partial charge in [0, 0.05) is 15.4 Å². The van der Waals surface area contributed by atoms with E-state index in [0.29, 0.717) is 5.69 Å². The quantitative estimate of drug-likeness (QED) is 0.832.